The predicted molar refractivity (Wildman–Crippen MR) is 77.3 cm³/mol. The second-order valence-electron chi connectivity index (χ2n) is 5.46. The first kappa shape index (κ1) is 14.8. The lowest BCUT2D eigenvalue weighted by molar-refractivity contribution is -0.121. The molecule has 0 bridgehead atoms. The summed E-state index contributed by atoms with van der Waals surface area (Å²) in [6.45, 7) is 2.19. The molecule has 20 heavy (non-hydrogen) atoms. The third-order valence-electron chi connectivity index (χ3n) is 4.23. The molecule has 1 amide bonds. The Labute approximate surface area is 119 Å². The van der Waals surface area contributed by atoms with Crippen LogP contribution in [0.1, 0.15) is 39.0 Å². The number of halogens is 1. The van der Waals surface area contributed by atoms with Gasteiger partial charge in [0.05, 0.1) is 12.8 Å². The van der Waals surface area contributed by atoms with Gasteiger partial charge in [-0.05, 0) is 43.7 Å². The summed E-state index contributed by atoms with van der Waals surface area (Å²) in [5.74, 6) is 0.684. The van der Waals surface area contributed by atoms with Crippen LogP contribution in [-0.2, 0) is 4.79 Å². The van der Waals surface area contributed by atoms with Gasteiger partial charge in [0.25, 0.3) is 0 Å². The number of benzene rings is 1. The molecule has 1 aromatic rings. The maximum atomic E-state index is 13.8. The monoisotopic (exact) mass is 279 g/mol. The molecular weight excluding hydrogens is 257 g/mol. The van der Waals surface area contributed by atoms with Crippen LogP contribution < -0.4 is 10.1 Å². The number of carbonyl (C=O) groups excluding carboxylic acids is 1. The Morgan fingerprint density at radius 3 is 2.60 bits per heavy atom. The van der Waals surface area contributed by atoms with Crippen LogP contribution >= 0.6 is 0 Å². The number of rotatable bonds is 4. The Morgan fingerprint density at radius 2 is 2.05 bits per heavy atom. The lowest BCUT2D eigenvalue weighted by Crippen LogP contribution is -2.27. The van der Waals surface area contributed by atoms with Crippen molar-refractivity contribution in [2.24, 2.45) is 11.8 Å². The normalized spacial score (nSPS) is 22.4. The van der Waals surface area contributed by atoms with Crippen LogP contribution in [0.2, 0.25) is 0 Å². The van der Waals surface area contributed by atoms with Crippen molar-refractivity contribution in [2.75, 3.05) is 12.4 Å². The summed E-state index contributed by atoms with van der Waals surface area (Å²) in [5.41, 5.74) is 0.230. The highest BCUT2D eigenvalue weighted by Crippen LogP contribution is 2.31. The number of methoxy groups -OCH3 is 1. The van der Waals surface area contributed by atoms with Crippen LogP contribution in [0, 0.1) is 17.7 Å². The standard InChI is InChI=1S/C16H22FNO2/c1-3-11-4-6-12(7-5-11)16(19)18-15-9-8-13(20-2)10-14(15)17/h8-12H,3-7H2,1-2H3,(H,18,19). The summed E-state index contributed by atoms with van der Waals surface area (Å²) in [6, 6.07) is 4.47. The van der Waals surface area contributed by atoms with E-state index in [-0.39, 0.29) is 17.5 Å². The number of amides is 1. The highest BCUT2D eigenvalue weighted by molar-refractivity contribution is 5.92. The lowest BCUT2D eigenvalue weighted by atomic mass is 9.80. The molecule has 0 spiro atoms. The molecule has 0 radical (unpaired) electrons. The first-order valence-electron chi connectivity index (χ1n) is 7.28. The molecule has 0 aliphatic heterocycles. The zero-order valence-electron chi connectivity index (χ0n) is 12.1. The SMILES string of the molecule is CCC1CCC(C(=O)Nc2ccc(OC)cc2F)CC1. The molecule has 110 valence electrons. The molecule has 3 nitrogen and oxygen atoms in total. The smallest absolute Gasteiger partial charge is 0.227 e. The fraction of sp³-hybridized carbons (Fsp3) is 0.562. The average molecular weight is 279 g/mol. The van der Waals surface area contributed by atoms with E-state index in [4.69, 9.17) is 4.74 Å². The molecule has 2 rings (SSSR count). The van der Waals surface area contributed by atoms with Gasteiger partial charge in [-0.1, -0.05) is 13.3 Å². The number of anilines is 1. The first-order valence-corrected chi connectivity index (χ1v) is 7.28. The summed E-state index contributed by atoms with van der Waals surface area (Å²) in [5, 5.41) is 2.69. The Morgan fingerprint density at radius 1 is 1.35 bits per heavy atom. The van der Waals surface area contributed by atoms with Crippen molar-refractivity contribution in [1.29, 1.82) is 0 Å². The highest BCUT2D eigenvalue weighted by atomic mass is 19.1. The second-order valence-corrected chi connectivity index (χ2v) is 5.46. The van der Waals surface area contributed by atoms with E-state index < -0.39 is 5.82 Å². The molecule has 1 aromatic carbocycles. The number of hydrogen-bond donors (Lipinski definition) is 1. The van der Waals surface area contributed by atoms with Crippen LogP contribution in [0.25, 0.3) is 0 Å². The Bertz CT molecular complexity index is 468. The third-order valence-corrected chi connectivity index (χ3v) is 4.23. The van der Waals surface area contributed by atoms with Crippen molar-refractivity contribution in [2.45, 2.75) is 39.0 Å². The Hall–Kier alpha value is -1.58. The average Bonchev–Trinajstić information content (AvgIpc) is 2.49. The van der Waals surface area contributed by atoms with E-state index >= 15 is 0 Å². The molecule has 4 heteroatoms. The quantitative estimate of drug-likeness (QED) is 0.905. The molecule has 0 atom stereocenters. The van der Waals surface area contributed by atoms with Crippen LogP contribution in [0.3, 0.4) is 0 Å². The summed E-state index contributed by atoms with van der Waals surface area (Å²) in [7, 11) is 1.49. The minimum Gasteiger partial charge on any atom is -0.497 e. The largest absolute Gasteiger partial charge is 0.497 e. The lowest BCUT2D eigenvalue weighted by Gasteiger charge is -2.26. The van der Waals surface area contributed by atoms with Gasteiger partial charge >= 0.3 is 0 Å². The van der Waals surface area contributed by atoms with Crippen LogP contribution in [0.5, 0.6) is 5.75 Å². The number of hydrogen-bond acceptors (Lipinski definition) is 2. The van der Waals surface area contributed by atoms with Crippen molar-refractivity contribution >= 4 is 11.6 Å². The highest BCUT2D eigenvalue weighted by Gasteiger charge is 2.25. The zero-order chi connectivity index (χ0) is 14.5. The van der Waals surface area contributed by atoms with Crippen molar-refractivity contribution in [3.8, 4) is 5.75 Å². The van der Waals surface area contributed by atoms with Gasteiger partial charge in [0, 0.05) is 12.0 Å². The molecule has 1 fully saturated rings. The minimum atomic E-state index is -0.458. The van der Waals surface area contributed by atoms with E-state index in [1.54, 1.807) is 12.1 Å². The van der Waals surface area contributed by atoms with E-state index in [1.807, 2.05) is 0 Å². The van der Waals surface area contributed by atoms with Gasteiger partial charge in [0.15, 0.2) is 0 Å². The second kappa shape index (κ2) is 6.73. The summed E-state index contributed by atoms with van der Waals surface area (Å²) in [4.78, 5) is 12.2. The van der Waals surface area contributed by atoms with Gasteiger partial charge in [0.1, 0.15) is 11.6 Å². The molecule has 0 aromatic heterocycles. The van der Waals surface area contributed by atoms with Crippen molar-refractivity contribution < 1.29 is 13.9 Å². The van der Waals surface area contributed by atoms with Crippen molar-refractivity contribution in [3.05, 3.63) is 24.0 Å². The summed E-state index contributed by atoms with van der Waals surface area (Å²) < 4.78 is 18.7. The van der Waals surface area contributed by atoms with E-state index in [0.29, 0.717) is 5.75 Å². The Balaban J connectivity index is 1.95. The molecule has 1 N–H and O–H groups in total. The number of carbonyl (C=O) groups is 1. The predicted octanol–water partition coefficient (Wildman–Crippen LogP) is 3.99. The van der Waals surface area contributed by atoms with Gasteiger partial charge in [-0.15, -0.1) is 0 Å². The minimum absolute atomic E-state index is 0.0132. The van der Waals surface area contributed by atoms with Crippen LogP contribution in [0.15, 0.2) is 18.2 Å². The van der Waals surface area contributed by atoms with Gasteiger partial charge in [0.2, 0.25) is 5.91 Å². The first-order chi connectivity index (χ1) is 9.63. The molecule has 1 aliphatic rings. The fourth-order valence-corrected chi connectivity index (χ4v) is 2.79. The number of ether oxygens (including phenoxy) is 1. The van der Waals surface area contributed by atoms with E-state index in [9.17, 15) is 9.18 Å². The molecular formula is C16H22FNO2. The summed E-state index contributed by atoms with van der Waals surface area (Å²) >= 11 is 0. The van der Waals surface area contributed by atoms with E-state index in [0.717, 1.165) is 31.6 Å². The van der Waals surface area contributed by atoms with E-state index in [2.05, 4.69) is 12.2 Å². The van der Waals surface area contributed by atoms with Crippen LogP contribution in [0.4, 0.5) is 10.1 Å². The van der Waals surface area contributed by atoms with Crippen LogP contribution in [-0.4, -0.2) is 13.0 Å². The topological polar surface area (TPSA) is 38.3 Å². The molecule has 0 heterocycles. The van der Waals surface area contributed by atoms with Gasteiger partial charge in [-0.2, -0.15) is 0 Å². The maximum Gasteiger partial charge on any atom is 0.227 e. The Kier molecular flexibility index (Phi) is 4.99. The molecule has 1 aliphatic carbocycles. The molecule has 0 unspecified atom stereocenters. The fourth-order valence-electron chi connectivity index (χ4n) is 2.79. The van der Waals surface area contributed by atoms with E-state index in [1.165, 1.54) is 19.6 Å². The number of nitrogens with one attached hydrogen (secondary N) is 1. The van der Waals surface area contributed by atoms with Crippen molar-refractivity contribution in [3.63, 3.8) is 0 Å². The third kappa shape index (κ3) is 3.50. The molecule has 0 saturated heterocycles. The van der Waals surface area contributed by atoms with Gasteiger partial charge < -0.3 is 10.1 Å². The zero-order valence-corrected chi connectivity index (χ0v) is 12.1. The maximum absolute atomic E-state index is 13.8. The summed E-state index contributed by atoms with van der Waals surface area (Å²) in [6.07, 6.45) is 5.19. The van der Waals surface area contributed by atoms with Crippen molar-refractivity contribution in [1.82, 2.24) is 0 Å². The van der Waals surface area contributed by atoms with Gasteiger partial charge in [-0.25, -0.2) is 4.39 Å². The van der Waals surface area contributed by atoms with Gasteiger partial charge in [-0.3, -0.25) is 4.79 Å². The molecule has 1 saturated carbocycles.